The minimum absolute atomic E-state index is 0.265. The second-order valence-corrected chi connectivity index (χ2v) is 5.66. The molecule has 0 spiro atoms. The minimum Gasteiger partial charge on any atom is -0.462 e. The Morgan fingerprint density at radius 1 is 1.07 bits per heavy atom. The van der Waals surface area contributed by atoms with E-state index in [-0.39, 0.29) is 11.8 Å². The zero-order chi connectivity index (χ0) is 19.1. The molecule has 0 saturated heterocycles. The Balaban J connectivity index is 1.63. The highest BCUT2D eigenvalue weighted by atomic mass is 19.1. The van der Waals surface area contributed by atoms with Gasteiger partial charge in [-0.3, -0.25) is 0 Å². The minimum atomic E-state index is -0.356. The van der Waals surface area contributed by atoms with Gasteiger partial charge in [0.1, 0.15) is 23.8 Å². The average Bonchev–Trinajstić information content (AvgIpc) is 2.68. The number of benzene rings is 2. The standard InChI is InChI=1S/C20H19FN4O2/c1-2-27-20(26)14-7-9-16(10-8-14)25-19-11-18(23-13-24-19)22-12-15-5-3-4-6-17(15)21/h3-11,13H,2,12H2,1H3,(H2,22,23,24,25). The van der Waals surface area contributed by atoms with Crippen LogP contribution < -0.4 is 10.6 Å². The summed E-state index contributed by atoms with van der Waals surface area (Å²) in [6.45, 7) is 2.42. The van der Waals surface area contributed by atoms with Gasteiger partial charge in [-0.1, -0.05) is 18.2 Å². The molecule has 7 heteroatoms. The number of hydrogen-bond acceptors (Lipinski definition) is 6. The van der Waals surface area contributed by atoms with Gasteiger partial charge in [-0.05, 0) is 37.3 Å². The summed E-state index contributed by atoms with van der Waals surface area (Å²) in [5.41, 5.74) is 1.80. The Labute approximate surface area is 156 Å². The van der Waals surface area contributed by atoms with Gasteiger partial charge in [0.05, 0.1) is 12.2 Å². The maximum absolute atomic E-state index is 13.7. The van der Waals surface area contributed by atoms with Gasteiger partial charge in [0.2, 0.25) is 0 Å². The Kier molecular flexibility index (Phi) is 5.94. The maximum atomic E-state index is 13.7. The first-order valence-corrected chi connectivity index (χ1v) is 8.49. The molecule has 2 aromatic carbocycles. The fourth-order valence-electron chi connectivity index (χ4n) is 2.40. The van der Waals surface area contributed by atoms with E-state index in [0.717, 1.165) is 5.69 Å². The van der Waals surface area contributed by atoms with Gasteiger partial charge in [-0.2, -0.15) is 0 Å². The van der Waals surface area contributed by atoms with Crippen LogP contribution >= 0.6 is 0 Å². The van der Waals surface area contributed by atoms with Crippen molar-refractivity contribution in [2.45, 2.75) is 13.5 Å². The predicted molar refractivity (Wildman–Crippen MR) is 101 cm³/mol. The van der Waals surface area contributed by atoms with Crippen LogP contribution in [0, 0.1) is 5.82 Å². The van der Waals surface area contributed by atoms with E-state index >= 15 is 0 Å². The first kappa shape index (κ1) is 18.3. The van der Waals surface area contributed by atoms with Crippen molar-refractivity contribution < 1.29 is 13.9 Å². The molecule has 6 nitrogen and oxygen atoms in total. The molecule has 0 aliphatic heterocycles. The summed E-state index contributed by atoms with van der Waals surface area (Å²) in [5.74, 6) is 0.522. The Hall–Kier alpha value is -3.48. The molecular formula is C20H19FN4O2. The van der Waals surface area contributed by atoms with E-state index < -0.39 is 0 Å². The summed E-state index contributed by atoms with van der Waals surface area (Å²) in [6.07, 6.45) is 1.42. The van der Waals surface area contributed by atoms with Crippen molar-refractivity contribution in [3.05, 3.63) is 77.9 Å². The van der Waals surface area contributed by atoms with Crippen molar-refractivity contribution in [1.29, 1.82) is 0 Å². The van der Waals surface area contributed by atoms with Crippen LogP contribution in [0.3, 0.4) is 0 Å². The Morgan fingerprint density at radius 3 is 2.56 bits per heavy atom. The van der Waals surface area contributed by atoms with Crippen LogP contribution in [-0.4, -0.2) is 22.5 Å². The number of ether oxygens (including phenoxy) is 1. The first-order valence-electron chi connectivity index (χ1n) is 8.49. The molecule has 0 amide bonds. The van der Waals surface area contributed by atoms with Crippen LogP contribution in [0.2, 0.25) is 0 Å². The van der Waals surface area contributed by atoms with Gasteiger partial charge in [-0.25, -0.2) is 19.2 Å². The largest absolute Gasteiger partial charge is 0.462 e. The second-order valence-electron chi connectivity index (χ2n) is 5.66. The molecular weight excluding hydrogens is 347 g/mol. The van der Waals surface area contributed by atoms with Gasteiger partial charge in [0.15, 0.2) is 0 Å². The van der Waals surface area contributed by atoms with Crippen LogP contribution in [0.25, 0.3) is 0 Å². The quantitative estimate of drug-likeness (QED) is 0.612. The number of nitrogens with one attached hydrogen (secondary N) is 2. The van der Waals surface area contributed by atoms with E-state index in [1.807, 2.05) is 0 Å². The molecule has 1 heterocycles. The summed E-state index contributed by atoms with van der Waals surface area (Å²) in [7, 11) is 0. The number of aromatic nitrogens is 2. The van der Waals surface area contributed by atoms with Crippen molar-refractivity contribution in [2.75, 3.05) is 17.2 Å². The molecule has 0 fully saturated rings. The molecule has 138 valence electrons. The van der Waals surface area contributed by atoms with Crippen molar-refractivity contribution >= 4 is 23.3 Å². The summed E-state index contributed by atoms with van der Waals surface area (Å²) >= 11 is 0. The fourth-order valence-corrected chi connectivity index (χ4v) is 2.40. The van der Waals surface area contributed by atoms with Crippen molar-refractivity contribution in [1.82, 2.24) is 9.97 Å². The van der Waals surface area contributed by atoms with E-state index in [9.17, 15) is 9.18 Å². The van der Waals surface area contributed by atoms with Gasteiger partial charge in [-0.15, -0.1) is 0 Å². The molecule has 0 bridgehead atoms. The lowest BCUT2D eigenvalue weighted by Gasteiger charge is -2.09. The third-order valence-electron chi connectivity index (χ3n) is 3.75. The second kappa shape index (κ2) is 8.75. The number of halogens is 1. The first-order chi connectivity index (χ1) is 13.2. The number of nitrogens with zero attached hydrogens (tertiary/aromatic N) is 2. The van der Waals surface area contributed by atoms with Crippen LogP contribution in [-0.2, 0) is 11.3 Å². The number of hydrogen-bond donors (Lipinski definition) is 2. The molecule has 1 aromatic heterocycles. The summed E-state index contributed by atoms with van der Waals surface area (Å²) in [6, 6.07) is 15.2. The van der Waals surface area contributed by atoms with Gasteiger partial charge < -0.3 is 15.4 Å². The van der Waals surface area contributed by atoms with Crippen LogP contribution in [0.1, 0.15) is 22.8 Å². The molecule has 0 unspecified atom stereocenters. The molecule has 3 aromatic rings. The lowest BCUT2D eigenvalue weighted by atomic mass is 10.2. The highest BCUT2D eigenvalue weighted by Gasteiger charge is 2.06. The Bertz CT molecular complexity index is 916. The smallest absolute Gasteiger partial charge is 0.338 e. The van der Waals surface area contributed by atoms with Gasteiger partial charge in [0.25, 0.3) is 0 Å². The van der Waals surface area contributed by atoms with Gasteiger partial charge in [0, 0.05) is 23.9 Å². The third-order valence-corrected chi connectivity index (χ3v) is 3.75. The molecule has 3 rings (SSSR count). The molecule has 27 heavy (non-hydrogen) atoms. The molecule has 0 aliphatic rings. The highest BCUT2D eigenvalue weighted by Crippen LogP contribution is 2.18. The van der Waals surface area contributed by atoms with E-state index in [2.05, 4.69) is 20.6 Å². The van der Waals surface area contributed by atoms with Crippen molar-refractivity contribution in [2.24, 2.45) is 0 Å². The number of carbonyl (C=O) groups excluding carboxylic acids is 1. The van der Waals surface area contributed by atoms with E-state index in [1.54, 1.807) is 55.5 Å². The molecule has 0 saturated carbocycles. The van der Waals surface area contributed by atoms with Gasteiger partial charge >= 0.3 is 5.97 Å². The average molecular weight is 366 g/mol. The predicted octanol–water partition coefficient (Wildman–Crippen LogP) is 4.15. The molecule has 0 aliphatic carbocycles. The van der Waals surface area contributed by atoms with E-state index in [4.69, 9.17) is 4.74 Å². The number of carbonyl (C=O) groups is 1. The number of anilines is 3. The maximum Gasteiger partial charge on any atom is 0.338 e. The zero-order valence-electron chi connectivity index (χ0n) is 14.8. The normalized spacial score (nSPS) is 10.3. The SMILES string of the molecule is CCOC(=O)c1ccc(Nc2cc(NCc3ccccc3F)ncn2)cc1. The topological polar surface area (TPSA) is 76.1 Å². The third kappa shape index (κ3) is 5.01. The summed E-state index contributed by atoms with van der Waals surface area (Å²) < 4.78 is 18.6. The lowest BCUT2D eigenvalue weighted by Crippen LogP contribution is -2.05. The summed E-state index contributed by atoms with van der Waals surface area (Å²) in [4.78, 5) is 20.0. The van der Waals surface area contributed by atoms with Crippen molar-refractivity contribution in [3.8, 4) is 0 Å². The molecule has 0 radical (unpaired) electrons. The molecule has 2 N–H and O–H groups in total. The highest BCUT2D eigenvalue weighted by molar-refractivity contribution is 5.89. The summed E-state index contributed by atoms with van der Waals surface area (Å²) in [5, 5.41) is 6.21. The molecule has 0 atom stereocenters. The Morgan fingerprint density at radius 2 is 1.81 bits per heavy atom. The van der Waals surface area contributed by atoms with Crippen LogP contribution in [0.5, 0.6) is 0 Å². The van der Waals surface area contributed by atoms with Crippen molar-refractivity contribution in [3.63, 3.8) is 0 Å². The zero-order valence-corrected chi connectivity index (χ0v) is 14.8. The lowest BCUT2D eigenvalue weighted by molar-refractivity contribution is 0.0526. The fraction of sp³-hybridized carbons (Fsp3) is 0.150. The number of rotatable bonds is 7. The van der Waals surface area contributed by atoms with Crippen LogP contribution in [0.15, 0.2) is 60.9 Å². The van der Waals surface area contributed by atoms with Crippen LogP contribution in [0.4, 0.5) is 21.7 Å². The van der Waals surface area contributed by atoms with E-state index in [0.29, 0.717) is 35.9 Å². The number of esters is 1. The monoisotopic (exact) mass is 366 g/mol. The van der Waals surface area contributed by atoms with E-state index in [1.165, 1.54) is 12.4 Å².